The number of aromatic nitrogens is 12. The lowest BCUT2D eigenvalue weighted by molar-refractivity contribution is -0.0632. The second-order valence-corrected chi connectivity index (χ2v) is 23.0. The van der Waals surface area contributed by atoms with Crippen LogP contribution in [-0.2, 0) is 59.8 Å². The van der Waals surface area contributed by atoms with Gasteiger partial charge in [-0.1, -0.05) is 0 Å². The monoisotopic (exact) mass is 1190 g/mol. The highest BCUT2D eigenvalue weighted by atomic mass is 31.2. The van der Waals surface area contributed by atoms with Crippen LogP contribution < -0.4 is 39.5 Å². The van der Waals surface area contributed by atoms with Crippen molar-refractivity contribution in [3.8, 4) is 0 Å². The van der Waals surface area contributed by atoms with Crippen LogP contribution in [0.15, 0.2) is 55.3 Å². The molecule has 3 unspecified atom stereocenters. The summed E-state index contributed by atoms with van der Waals surface area (Å²) < 4.78 is 102. The van der Waals surface area contributed by atoms with E-state index < -0.39 is 165 Å². The summed E-state index contributed by atoms with van der Waals surface area (Å²) in [5.41, 5.74) is 8.22. The molecule has 0 bridgehead atoms. The Labute approximate surface area is 445 Å². The molecule has 4 saturated heterocycles. The molecule has 6 aromatic heterocycles. The molecular weight excluding hydrogens is 1140 g/mol. The minimum absolute atomic E-state index is 0.0501. The summed E-state index contributed by atoms with van der Waals surface area (Å²) >= 11 is 0. The molecule has 37 nitrogen and oxygen atoms in total. The molecule has 10 heterocycles. The quantitative estimate of drug-likeness (QED) is 0.0364. The van der Waals surface area contributed by atoms with Gasteiger partial charge in [0.1, 0.15) is 79.5 Å². The van der Waals surface area contributed by atoms with Crippen LogP contribution in [0, 0.1) is 13.8 Å². The first-order valence-corrected chi connectivity index (χ1v) is 28.5. The number of hydrogen-bond donors (Lipinski definition) is 10. The minimum atomic E-state index is -5.40. The average Bonchev–Trinajstić information content (AvgIpc) is 4.31. The molecule has 4 aliphatic heterocycles. The van der Waals surface area contributed by atoms with Crippen LogP contribution in [0.2, 0.25) is 0 Å². The molecule has 0 radical (unpaired) electrons. The third kappa shape index (κ3) is 12.1. The Morgan fingerprint density at radius 1 is 0.588 bits per heavy atom. The van der Waals surface area contributed by atoms with Crippen molar-refractivity contribution in [3.63, 3.8) is 0 Å². The van der Waals surface area contributed by atoms with Gasteiger partial charge < -0.3 is 55.3 Å². The lowest BCUT2D eigenvalue weighted by Crippen LogP contribution is -2.33. The van der Waals surface area contributed by atoms with Crippen molar-refractivity contribution in [2.45, 2.75) is 113 Å². The van der Waals surface area contributed by atoms with Gasteiger partial charge in [-0.3, -0.25) is 74.7 Å². The minimum Gasteiger partial charge on any atom is -0.394 e. The average molecular weight is 1190 g/mol. The van der Waals surface area contributed by atoms with Gasteiger partial charge >= 0.3 is 34.8 Å². The Bertz CT molecular complexity index is 3770. The molecule has 0 spiro atoms. The maximum atomic E-state index is 14.0. The summed E-state index contributed by atoms with van der Waals surface area (Å²) in [6, 6.07) is 0. The van der Waals surface area contributed by atoms with Crippen molar-refractivity contribution < 1.29 is 84.7 Å². The first-order chi connectivity index (χ1) is 37.8. The van der Waals surface area contributed by atoms with Crippen molar-refractivity contribution in [2.75, 3.05) is 37.9 Å². The summed E-state index contributed by atoms with van der Waals surface area (Å²) in [7, 11) is -15.8. The number of phosphoric acid groups is 3. The van der Waals surface area contributed by atoms with Crippen molar-refractivity contribution in [2.24, 2.45) is 0 Å². The van der Waals surface area contributed by atoms with Gasteiger partial charge in [0.15, 0.2) is 22.6 Å². The van der Waals surface area contributed by atoms with Gasteiger partial charge in [0, 0.05) is 49.2 Å². The van der Waals surface area contributed by atoms with Crippen molar-refractivity contribution in [1.82, 2.24) is 58.1 Å². The number of imidazole rings is 2. The van der Waals surface area contributed by atoms with Crippen LogP contribution in [0.25, 0.3) is 22.3 Å². The topological polar surface area (TPSA) is 514 Å². The summed E-state index contributed by atoms with van der Waals surface area (Å²) in [6.07, 6.45) is -11.4. The van der Waals surface area contributed by atoms with E-state index in [1.165, 1.54) is 41.8 Å². The van der Waals surface area contributed by atoms with E-state index in [1.807, 2.05) is 0 Å². The third-order valence-electron chi connectivity index (χ3n) is 13.3. The molecule has 80 heavy (non-hydrogen) atoms. The molecule has 12 N–H and O–H groups in total. The first kappa shape index (κ1) is 57.2. The SMILES string of the molecule is Cc1cn([C@H]2C[C@H](OP(=O)(O)OC[C@H]3O[C@@H](n4cc(C)c(=O)[nH]c4=O)C[C@@H]3O)[C@@H](COP(=O)(O)O[C@H]3C[C@H](n4cnc5c(=O)[nH]c(N)nc54)O[C@@H]3COP(=O)(O)O[C@H]3C[C@H](n4cnc5c(N)ncnc54)O[C@@H]3CO)O2)c(=O)[nH]c1=O. The van der Waals surface area contributed by atoms with Crippen LogP contribution in [-0.4, -0.2) is 158 Å². The van der Waals surface area contributed by atoms with Crippen LogP contribution in [0.5, 0.6) is 0 Å². The maximum absolute atomic E-state index is 14.0. The largest absolute Gasteiger partial charge is 0.472 e. The van der Waals surface area contributed by atoms with E-state index in [1.54, 1.807) is 0 Å². The van der Waals surface area contributed by atoms with Gasteiger partial charge in [0.25, 0.3) is 16.7 Å². The second-order valence-electron chi connectivity index (χ2n) is 18.7. The second kappa shape index (κ2) is 22.4. The van der Waals surface area contributed by atoms with E-state index >= 15 is 0 Å². The van der Waals surface area contributed by atoms with E-state index in [0.717, 1.165) is 21.7 Å². The van der Waals surface area contributed by atoms with E-state index in [2.05, 4.69) is 39.9 Å². The fourth-order valence-corrected chi connectivity index (χ4v) is 12.3. The lowest BCUT2D eigenvalue weighted by atomic mass is 10.2. The Balaban J connectivity index is 0.837. The fraction of sp³-hybridized carbons (Fsp3) is 0.550. The zero-order valence-electron chi connectivity index (χ0n) is 41.6. The summed E-state index contributed by atoms with van der Waals surface area (Å²) in [5, 5.41) is 20.9. The number of anilines is 2. The van der Waals surface area contributed by atoms with E-state index in [0.29, 0.717) is 0 Å². The molecule has 40 heteroatoms. The van der Waals surface area contributed by atoms with Crippen LogP contribution in [0.3, 0.4) is 0 Å². The highest BCUT2D eigenvalue weighted by Crippen LogP contribution is 2.54. The van der Waals surface area contributed by atoms with Crippen LogP contribution in [0.4, 0.5) is 11.8 Å². The number of aromatic amines is 3. The number of aryl methyl sites for hydroxylation is 2. The maximum Gasteiger partial charge on any atom is 0.472 e. The molecule has 0 saturated carbocycles. The Morgan fingerprint density at radius 3 is 1.55 bits per heavy atom. The molecule has 6 aromatic rings. The molecule has 4 aliphatic rings. The van der Waals surface area contributed by atoms with E-state index in [-0.39, 0.29) is 58.1 Å². The van der Waals surface area contributed by atoms with Gasteiger partial charge in [0.2, 0.25) is 5.95 Å². The molecular formula is C40H51N14O23P3. The number of ether oxygens (including phenoxy) is 4. The van der Waals surface area contributed by atoms with Gasteiger partial charge in [-0.25, -0.2) is 43.2 Å². The molecule has 434 valence electrons. The summed E-state index contributed by atoms with van der Waals surface area (Å²) in [4.78, 5) is 122. The highest BCUT2D eigenvalue weighted by molar-refractivity contribution is 7.48. The van der Waals surface area contributed by atoms with E-state index in [9.17, 15) is 62.6 Å². The molecule has 15 atom stereocenters. The van der Waals surface area contributed by atoms with Gasteiger partial charge in [-0.15, -0.1) is 0 Å². The van der Waals surface area contributed by atoms with Gasteiger partial charge in [0.05, 0.1) is 45.2 Å². The number of H-pyrrole nitrogens is 3. The molecule has 0 aliphatic carbocycles. The lowest BCUT2D eigenvalue weighted by Gasteiger charge is -2.25. The number of fused-ring (bicyclic) bond motifs is 2. The number of hydrogen-bond acceptors (Lipinski definition) is 27. The zero-order chi connectivity index (χ0) is 57.2. The number of aliphatic hydroxyl groups excluding tert-OH is 2. The van der Waals surface area contributed by atoms with Crippen LogP contribution >= 0.6 is 23.5 Å². The zero-order valence-corrected chi connectivity index (χ0v) is 44.3. The van der Waals surface area contributed by atoms with Gasteiger partial charge in [-0.2, -0.15) is 4.98 Å². The molecule has 10 rings (SSSR count). The Kier molecular flexibility index (Phi) is 16.0. The van der Waals surface area contributed by atoms with Crippen molar-refractivity contribution in [3.05, 3.63) is 94.5 Å². The van der Waals surface area contributed by atoms with Gasteiger partial charge in [-0.05, 0) is 13.8 Å². The third-order valence-corrected chi connectivity index (χ3v) is 16.3. The number of phosphoric ester groups is 3. The van der Waals surface area contributed by atoms with Crippen LogP contribution in [0.1, 0.15) is 61.7 Å². The number of nitrogens with two attached hydrogens (primary N) is 2. The van der Waals surface area contributed by atoms with Crippen molar-refractivity contribution in [1.29, 1.82) is 0 Å². The predicted octanol–water partition coefficient (Wildman–Crippen LogP) is -2.15. The summed E-state index contributed by atoms with van der Waals surface area (Å²) in [6.45, 7) is -0.559. The number of nitrogen functional groups attached to an aromatic ring is 2. The highest BCUT2D eigenvalue weighted by Gasteiger charge is 2.48. The molecule has 4 fully saturated rings. The Hall–Kier alpha value is -6.05. The smallest absolute Gasteiger partial charge is 0.394 e. The summed E-state index contributed by atoms with van der Waals surface area (Å²) in [5.74, 6) is -0.233. The normalized spacial score (nSPS) is 29.3. The van der Waals surface area contributed by atoms with Crippen molar-refractivity contribution >= 4 is 57.6 Å². The standard InChI is InChI=1S/C40H51N14O23P3/c1-16-7-51(39(60)49-35(16)57)26-3-18(56)23(72-26)10-68-78(62,63)76-20-5-27(52-8-17(2)36(58)50-40(52)61)73-24(20)11-70-80(66,67)77-21-6-29(54-15-46-31-34(54)47-38(42)48-37(31)59)74-25(21)12-69-79(64,65)75-19-4-28(71-22(19)9-55)53-14-45-30-32(41)43-13-44-33(30)53/h7-8,13-15,18-29,55-56H,3-6,9-12H2,1-2H3,(H,62,63)(H,64,65)(H,66,67)(H2,41,43,44)(H,49,57,60)(H,50,58,61)(H3,42,47,48,59)/t18-,19-,20-,21-,22+,23+,24+,25+,26+,27+,28+,29+/m0/s1. The number of rotatable bonds is 20. The predicted molar refractivity (Wildman–Crippen MR) is 264 cm³/mol. The molecule has 0 amide bonds. The first-order valence-electron chi connectivity index (χ1n) is 24.0. The Morgan fingerprint density at radius 2 is 1.02 bits per heavy atom. The fourth-order valence-electron chi connectivity index (χ4n) is 9.39. The van der Waals surface area contributed by atoms with E-state index in [4.69, 9.17) is 57.6 Å². The number of aliphatic hydroxyl groups is 2. The number of nitrogens with zero attached hydrogens (tertiary/aromatic N) is 9. The molecule has 0 aromatic carbocycles. The number of nitrogens with one attached hydrogen (secondary N) is 3.